The molecule has 104 valence electrons. The van der Waals surface area contributed by atoms with E-state index in [0.29, 0.717) is 6.42 Å². The number of rotatable bonds is 5. The highest BCUT2D eigenvalue weighted by atomic mass is 16.1. The van der Waals surface area contributed by atoms with Crippen LogP contribution in [0.2, 0.25) is 0 Å². The van der Waals surface area contributed by atoms with Gasteiger partial charge in [0, 0.05) is 6.42 Å². The van der Waals surface area contributed by atoms with E-state index in [-0.39, 0.29) is 11.9 Å². The first kappa shape index (κ1) is 14.1. The lowest BCUT2D eigenvalue weighted by Crippen LogP contribution is -2.27. The van der Waals surface area contributed by atoms with E-state index in [1.54, 1.807) is 0 Å². The molecule has 1 unspecified atom stereocenters. The summed E-state index contributed by atoms with van der Waals surface area (Å²) < 4.78 is 0. The van der Waals surface area contributed by atoms with Crippen molar-refractivity contribution in [3.63, 3.8) is 0 Å². The van der Waals surface area contributed by atoms with E-state index in [2.05, 4.69) is 31.3 Å². The minimum absolute atomic E-state index is 0.109. The zero-order valence-corrected chi connectivity index (χ0v) is 12.1. The summed E-state index contributed by atoms with van der Waals surface area (Å²) in [7, 11) is 0. The Hall–Kier alpha value is -1.31. The highest BCUT2D eigenvalue weighted by Crippen LogP contribution is 2.28. The van der Waals surface area contributed by atoms with Crippen LogP contribution in [0.25, 0.3) is 0 Å². The predicted molar refractivity (Wildman–Crippen MR) is 78.9 cm³/mol. The summed E-state index contributed by atoms with van der Waals surface area (Å²) in [5, 5.41) is 3.12. The maximum absolute atomic E-state index is 12.0. The van der Waals surface area contributed by atoms with Crippen LogP contribution in [0.5, 0.6) is 0 Å². The van der Waals surface area contributed by atoms with Gasteiger partial charge >= 0.3 is 0 Å². The number of benzene rings is 1. The summed E-state index contributed by atoms with van der Waals surface area (Å²) in [4.78, 5) is 12.0. The van der Waals surface area contributed by atoms with Gasteiger partial charge in [-0.25, -0.2) is 0 Å². The third-order valence-electron chi connectivity index (χ3n) is 4.29. The average molecular weight is 259 g/mol. The minimum atomic E-state index is 0.109. The molecule has 1 aromatic rings. The second kappa shape index (κ2) is 6.74. The number of aryl methyl sites for hydroxylation is 1. The van der Waals surface area contributed by atoms with Crippen molar-refractivity contribution < 1.29 is 4.79 Å². The average Bonchev–Trinajstić information content (AvgIpc) is 2.90. The first-order valence-corrected chi connectivity index (χ1v) is 7.51. The van der Waals surface area contributed by atoms with E-state index in [1.165, 1.54) is 36.8 Å². The van der Waals surface area contributed by atoms with Crippen molar-refractivity contribution in [2.45, 2.75) is 58.4 Å². The number of hydrogen-bond acceptors (Lipinski definition) is 1. The normalized spacial score (nSPS) is 17.4. The highest BCUT2D eigenvalue weighted by Gasteiger charge is 2.17. The third kappa shape index (κ3) is 4.09. The molecule has 19 heavy (non-hydrogen) atoms. The number of nitrogens with one attached hydrogen (secondary N) is 1. The lowest BCUT2D eigenvalue weighted by molar-refractivity contribution is -0.122. The monoisotopic (exact) mass is 259 g/mol. The molecule has 0 aromatic heterocycles. The van der Waals surface area contributed by atoms with Crippen molar-refractivity contribution in [1.82, 2.24) is 5.32 Å². The van der Waals surface area contributed by atoms with E-state index in [1.807, 2.05) is 12.1 Å². The summed E-state index contributed by atoms with van der Waals surface area (Å²) >= 11 is 0. The molecule has 2 heteroatoms. The van der Waals surface area contributed by atoms with Crippen LogP contribution in [0, 0.1) is 12.8 Å². The Labute approximate surface area is 116 Å². The summed E-state index contributed by atoms with van der Waals surface area (Å²) in [5.41, 5.74) is 2.46. The maximum Gasteiger partial charge on any atom is 0.220 e. The molecule has 0 bridgehead atoms. The molecule has 1 aromatic carbocycles. The molecule has 1 aliphatic rings. The lowest BCUT2D eigenvalue weighted by Gasteiger charge is -2.17. The molecule has 1 saturated carbocycles. The van der Waals surface area contributed by atoms with E-state index >= 15 is 0 Å². The molecule has 1 N–H and O–H groups in total. The summed E-state index contributed by atoms with van der Waals surface area (Å²) in [6.45, 7) is 4.16. The van der Waals surface area contributed by atoms with Gasteiger partial charge in [-0.3, -0.25) is 4.79 Å². The van der Waals surface area contributed by atoms with Gasteiger partial charge in [0.2, 0.25) is 5.91 Å². The summed E-state index contributed by atoms with van der Waals surface area (Å²) in [5.74, 6) is 0.988. The van der Waals surface area contributed by atoms with Crippen LogP contribution in [0.15, 0.2) is 24.3 Å². The first-order chi connectivity index (χ1) is 9.16. The quantitative estimate of drug-likeness (QED) is 0.846. The second-order valence-corrected chi connectivity index (χ2v) is 5.83. The SMILES string of the molecule is Cc1ccccc1C(C)NC(=O)CCC1CCCC1. The molecule has 0 spiro atoms. The maximum atomic E-state index is 12.0. The third-order valence-corrected chi connectivity index (χ3v) is 4.29. The molecule has 1 atom stereocenters. The molecule has 2 nitrogen and oxygen atoms in total. The number of carbonyl (C=O) groups is 1. The van der Waals surface area contributed by atoms with Gasteiger partial charge in [0.05, 0.1) is 6.04 Å². The molecule has 0 heterocycles. The fraction of sp³-hybridized carbons (Fsp3) is 0.588. The Balaban J connectivity index is 1.79. The number of amides is 1. The molecular weight excluding hydrogens is 234 g/mol. The van der Waals surface area contributed by atoms with E-state index in [4.69, 9.17) is 0 Å². The molecule has 1 aliphatic carbocycles. The van der Waals surface area contributed by atoms with Crippen LogP contribution in [0.3, 0.4) is 0 Å². The summed E-state index contributed by atoms with van der Waals surface area (Å²) in [6, 6.07) is 8.36. The van der Waals surface area contributed by atoms with Gasteiger partial charge < -0.3 is 5.32 Å². The largest absolute Gasteiger partial charge is 0.350 e. The Morgan fingerprint density at radius 2 is 2.00 bits per heavy atom. The fourth-order valence-electron chi connectivity index (χ4n) is 3.10. The van der Waals surface area contributed by atoms with Gasteiger partial charge in [-0.2, -0.15) is 0 Å². The van der Waals surface area contributed by atoms with E-state index < -0.39 is 0 Å². The fourth-order valence-corrected chi connectivity index (χ4v) is 3.10. The zero-order valence-electron chi connectivity index (χ0n) is 12.1. The van der Waals surface area contributed by atoms with Crippen LogP contribution >= 0.6 is 0 Å². The van der Waals surface area contributed by atoms with Crippen LogP contribution in [-0.4, -0.2) is 5.91 Å². The van der Waals surface area contributed by atoms with Crippen LogP contribution in [-0.2, 0) is 4.79 Å². The van der Waals surface area contributed by atoms with Gasteiger partial charge in [-0.15, -0.1) is 0 Å². The van der Waals surface area contributed by atoms with Crippen LogP contribution < -0.4 is 5.32 Å². The Kier molecular flexibility index (Phi) is 5.00. The van der Waals surface area contributed by atoms with Crippen molar-refractivity contribution in [1.29, 1.82) is 0 Å². The highest BCUT2D eigenvalue weighted by molar-refractivity contribution is 5.76. The van der Waals surface area contributed by atoms with Crippen LogP contribution in [0.1, 0.15) is 62.6 Å². The molecule has 2 rings (SSSR count). The van der Waals surface area contributed by atoms with Gasteiger partial charge in [0.1, 0.15) is 0 Å². The van der Waals surface area contributed by atoms with Gasteiger partial charge in [-0.1, -0.05) is 49.9 Å². The first-order valence-electron chi connectivity index (χ1n) is 7.51. The molecular formula is C17H25NO. The van der Waals surface area contributed by atoms with E-state index in [9.17, 15) is 4.79 Å². The Bertz CT molecular complexity index is 421. The Morgan fingerprint density at radius 3 is 2.68 bits per heavy atom. The van der Waals surface area contributed by atoms with Gasteiger partial charge in [0.15, 0.2) is 0 Å². The van der Waals surface area contributed by atoms with Crippen molar-refractivity contribution in [3.05, 3.63) is 35.4 Å². The summed E-state index contributed by atoms with van der Waals surface area (Å²) in [6.07, 6.45) is 7.09. The molecule has 0 saturated heterocycles. The van der Waals surface area contributed by atoms with Gasteiger partial charge in [-0.05, 0) is 37.3 Å². The standard InChI is InChI=1S/C17H25NO/c1-13-7-3-6-10-16(13)14(2)18-17(19)12-11-15-8-4-5-9-15/h3,6-7,10,14-15H,4-5,8-9,11-12H2,1-2H3,(H,18,19). The number of hydrogen-bond donors (Lipinski definition) is 1. The molecule has 0 aliphatic heterocycles. The van der Waals surface area contributed by atoms with E-state index in [0.717, 1.165) is 12.3 Å². The second-order valence-electron chi connectivity index (χ2n) is 5.83. The minimum Gasteiger partial charge on any atom is -0.350 e. The number of carbonyl (C=O) groups excluding carboxylic acids is 1. The van der Waals surface area contributed by atoms with Crippen molar-refractivity contribution in [2.24, 2.45) is 5.92 Å². The van der Waals surface area contributed by atoms with Crippen molar-refractivity contribution in [2.75, 3.05) is 0 Å². The molecule has 0 radical (unpaired) electrons. The predicted octanol–water partition coefficient (Wildman–Crippen LogP) is 4.14. The molecule has 1 amide bonds. The van der Waals surface area contributed by atoms with Crippen LogP contribution in [0.4, 0.5) is 0 Å². The van der Waals surface area contributed by atoms with Crippen molar-refractivity contribution in [3.8, 4) is 0 Å². The smallest absolute Gasteiger partial charge is 0.220 e. The lowest BCUT2D eigenvalue weighted by atomic mass is 10.0. The van der Waals surface area contributed by atoms with Gasteiger partial charge in [0.25, 0.3) is 0 Å². The Morgan fingerprint density at radius 1 is 1.32 bits per heavy atom. The zero-order chi connectivity index (χ0) is 13.7. The topological polar surface area (TPSA) is 29.1 Å². The molecule has 1 fully saturated rings. The van der Waals surface area contributed by atoms with Crippen molar-refractivity contribution >= 4 is 5.91 Å².